The number of carbonyl (C=O) groups is 3. The minimum absolute atomic E-state index is 0.0731. The number of alkyl halides is 1. The van der Waals surface area contributed by atoms with Gasteiger partial charge in [0.1, 0.15) is 11.8 Å². The van der Waals surface area contributed by atoms with Gasteiger partial charge in [0.15, 0.2) is 0 Å². The van der Waals surface area contributed by atoms with E-state index in [1.807, 2.05) is 56.3 Å². The Labute approximate surface area is 278 Å². The number of methoxy groups -OCH3 is 1. The van der Waals surface area contributed by atoms with Gasteiger partial charge in [-0.2, -0.15) is 0 Å². The van der Waals surface area contributed by atoms with Gasteiger partial charge in [0, 0.05) is 34.5 Å². The van der Waals surface area contributed by atoms with Gasteiger partial charge >= 0.3 is 0 Å². The fourth-order valence-corrected chi connectivity index (χ4v) is 11.0. The van der Waals surface area contributed by atoms with E-state index in [4.69, 9.17) is 4.74 Å². The standard InChI is InChI=1S/C35H42BrN3O5S/c1-6-18-37(23-12-10-9-11-13-23)32(41)28-29-33(42)39(27(21-40)22(4)8-3)31(35(29)20-26(36)30(28)45-35)34(43)38(19-7-2)24-14-16-25(44-5)17-15-24/h6-7,9-17,22,26-31,40H,1-2,8,18-21H2,3-5H3/t22-,26?,27-,28-,29-,30-,31?,35?/m0/s1. The summed E-state index contributed by atoms with van der Waals surface area (Å²) in [6.07, 6.45) is 4.62. The van der Waals surface area contributed by atoms with Crippen molar-refractivity contribution >= 4 is 56.8 Å². The number of para-hydroxylation sites is 1. The maximum atomic E-state index is 15.0. The monoisotopic (exact) mass is 695 g/mol. The Bertz CT molecular complexity index is 1420. The van der Waals surface area contributed by atoms with E-state index < -0.39 is 28.7 Å². The number of aliphatic hydroxyl groups is 1. The summed E-state index contributed by atoms with van der Waals surface area (Å²) < 4.78 is 4.48. The Balaban J connectivity index is 1.63. The smallest absolute Gasteiger partial charge is 0.251 e. The molecule has 240 valence electrons. The molecular weight excluding hydrogens is 654 g/mol. The lowest BCUT2D eigenvalue weighted by atomic mass is 9.70. The fourth-order valence-electron chi connectivity index (χ4n) is 7.40. The van der Waals surface area contributed by atoms with Crippen molar-refractivity contribution in [2.75, 3.05) is 36.6 Å². The number of likely N-dealkylation sites (tertiary alicyclic amines) is 1. The highest BCUT2D eigenvalue weighted by Gasteiger charge is 2.76. The summed E-state index contributed by atoms with van der Waals surface area (Å²) in [6, 6.07) is 15.2. The summed E-state index contributed by atoms with van der Waals surface area (Å²) in [6.45, 7) is 12.0. The molecule has 2 bridgehead atoms. The SMILES string of the molecule is C=CCN(C(=O)C1N([C@@H](CO)[C@@H](C)CC)C(=O)[C@@H]2[C@H](C(=O)N(CC=C)c3ccccc3)[C@H]3SC12CC3Br)c1ccc(OC)cc1. The zero-order valence-electron chi connectivity index (χ0n) is 26.1. The minimum atomic E-state index is -0.888. The molecule has 0 radical (unpaired) electrons. The summed E-state index contributed by atoms with van der Waals surface area (Å²) >= 11 is 5.47. The number of halogens is 1. The maximum Gasteiger partial charge on any atom is 0.251 e. The van der Waals surface area contributed by atoms with Crippen LogP contribution in [0, 0.1) is 17.8 Å². The first-order chi connectivity index (χ1) is 21.7. The van der Waals surface area contributed by atoms with Crippen molar-refractivity contribution in [2.24, 2.45) is 17.8 Å². The second-order valence-electron chi connectivity index (χ2n) is 12.1. The number of carbonyl (C=O) groups excluding carboxylic acids is 3. The van der Waals surface area contributed by atoms with Gasteiger partial charge in [-0.1, -0.05) is 66.5 Å². The molecule has 0 aliphatic carbocycles. The Morgan fingerprint density at radius 3 is 2.24 bits per heavy atom. The quantitative estimate of drug-likeness (QED) is 0.226. The van der Waals surface area contributed by atoms with E-state index in [0.717, 1.165) is 5.69 Å². The molecule has 1 spiro atoms. The molecular formula is C35H42BrN3O5S. The van der Waals surface area contributed by atoms with Crippen molar-refractivity contribution < 1.29 is 24.2 Å². The largest absolute Gasteiger partial charge is 0.497 e. The van der Waals surface area contributed by atoms with Crippen molar-refractivity contribution in [3.63, 3.8) is 0 Å². The molecule has 45 heavy (non-hydrogen) atoms. The second kappa shape index (κ2) is 13.7. The molecule has 2 aromatic rings. The van der Waals surface area contributed by atoms with E-state index in [1.165, 1.54) is 0 Å². The van der Waals surface area contributed by atoms with E-state index >= 15 is 0 Å². The summed E-state index contributed by atoms with van der Waals surface area (Å²) in [5.41, 5.74) is 1.38. The number of thioether (sulfide) groups is 1. The zero-order valence-corrected chi connectivity index (χ0v) is 28.5. The third kappa shape index (κ3) is 5.63. The molecule has 3 heterocycles. The third-order valence-electron chi connectivity index (χ3n) is 9.70. The highest BCUT2D eigenvalue weighted by molar-refractivity contribution is 9.09. The predicted octanol–water partition coefficient (Wildman–Crippen LogP) is 5.31. The number of amides is 3. The molecule has 3 aliphatic rings. The van der Waals surface area contributed by atoms with E-state index in [9.17, 15) is 19.5 Å². The molecule has 5 rings (SSSR count). The van der Waals surface area contributed by atoms with Crippen molar-refractivity contribution in [2.45, 2.75) is 53.6 Å². The molecule has 8 atom stereocenters. The average Bonchev–Trinajstić information content (AvgIpc) is 3.66. The molecule has 3 unspecified atom stereocenters. The summed E-state index contributed by atoms with van der Waals surface area (Å²) in [5, 5.41) is 10.5. The molecule has 0 aromatic heterocycles. The van der Waals surface area contributed by atoms with Gasteiger partial charge in [0.05, 0.1) is 36.3 Å². The highest BCUT2D eigenvalue weighted by atomic mass is 79.9. The van der Waals surface area contributed by atoms with Crippen LogP contribution in [0.3, 0.4) is 0 Å². The van der Waals surface area contributed by atoms with Crippen LogP contribution in [0.15, 0.2) is 79.9 Å². The summed E-state index contributed by atoms with van der Waals surface area (Å²) in [4.78, 5) is 49.3. The topological polar surface area (TPSA) is 90.4 Å². The highest BCUT2D eigenvalue weighted by Crippen LogP contribution is 2.68. The van der Waals surface area contributed by atoms with E-state index in [0.29, 0.717) is 30.8 Å². The van der Waals surface area contributed by atoms with Crippen molar-refractivity contribution in [3.8, 4) is 5.75 Å². The first-order valence-electron chi connectivity index (χ1n) is 15.5. The van der Waals surface area contributed by atoms with Crippen LogP contribution in [0.1, 0.15) is 26.7 Å². The summed E-state index contributed by atoms with van der Waals surface area (Å²) in [7, 11) is 1.59. The zero-order chi connectivity index (χ0) is 32.5. The number of anilines is 2. The normalized spacial score (nSPS) is 27.9. The maximum absolute atomic E-state index is 15.0. The van der Waals surface area contributed by atoms with Crippen LogP contribution in [-0.4, -0.2) is 81.4 Å². The molecule has 3 aliphatic heterocycles. The van der Waals surface area contributed by atoms with Crippen molar-refractivity contribution in [1.29, 1.82) is 0 Å². The number of nitrogens with zero attached hydrogens (tertiary/aromatic N) is 3. The summed E-state index contributed by atoms with van der Waals surface area (Å²) in [5.74, 6) is -1.43. The number of hydrogen-bond donors (Lipinski definition) is 1. The Morgan fingerprint density at radius 1 is 1.09 bits per heavy atom. The first kappa shape index (κ1) is 33.3. The Kier molecular flexibility index (Phi) is 10.2. The van der Waals surface area contributed by atoms with Crippen molar-refractivity contribution in [3.05, 3.63) is 79.9 Å². The van der Waals surface area contributed by atoms with Gasteiger partial charge < -0.3 is 24.5 Å². The van der Waals surface area contributed by atoms with Crippen LogP contribution in [0.4, 0.5) is 11.4 Å². The molecule has 3 saturated heterocycles. The number of aliphatic hydroxyl groups excluding tert-OH is 1. The molecule has 8 nitrogen and oxygen atoms in total. The number of benzene rings is 2. The van der Waals surface area contributed by atoms with E-state index in [1.54, 1.807) is 57.9 Å². The predicted molar refractivity (Wildman–Crippen MR) is 184 cm³/mol. The van der Waals surface area contributed by atoms with Crippen molar-refractivity contribution in [1.82, 2.24) is 4.90 Å². The van der Waals surface area contributed by atoms with Crippen LogP contribution in [0.2, 0.25) is 0 Å². The third-order valence-corrected chi connectivity index (χ3v) is 12.9. The molecule has 2 aromatic carbocycles. The molecule has 3 fully saturated rings. The van der Waals surface area contributed by atoms with Crippen LogP contribution in [-0.2, 0) is 14.4 Å². The molecule has 0 saturated carbocycles. The van der Waals surface area contributed by atoms with Crippen LogP contribution >= 0.6 is 27.7 Å². The average molecular weight is 697 g/mol. The fraction of sp³-hybridized carbons (Fsp3) is 0.457. The first-order valence-corrected chi connectivity index (χ1v) is 17.3. The van der Waals surface area contributed by atoms with E-state index in [-0.39, 0.29) is 46.9 Å². The minimum Gasteiger partial charge on any atom is -0.497 e. The number of ether oxygens (including phenoxy) is 1. The van der Waals surface area contributed by atoms with E-state index in [2.05, 4.69) is 29.1 Å². The van der Waals surface area contributed by atoms with Gasteiger partial charge in [-0.15, -0.1) is 24.9 Å². The number of fused-ring (bicyclic) bond motifs is 1. The van der Waals surface area contributed by atoms with Gasteiger partial charge in [-0.25, -0.2) is 0 Å². The van der Waals surface area contributed by atoms with Gasteiger partial charge in [0.25, 0.3) is 5.91 Å². The van der Waals surface area contributed by atoms with Gasteiger partial charge in [0.2, 0.25) is 11.8 Å². The molecule has 3 amide bonds. The second-order valence-corrected chi connectivity index (χ2v) is 14.8. The Morgan fingerprint density at radius 2 is 1.69 bits per heavy atom. The lowest BCUT2D eigenvalue weighted by Gasteiger charge is -2.41. The van der Waals surface area contributed by atoms with Crippen LogP contribution in [0.25, 0.3) is 0 Å². The number of hydrogen-bond acceptors (Lipinski definition) is 6. The Hall–Kier alpha value is -3.08. The van der Waals surface area contributed by atoms with Gasteiger partial charge in [-0.05, 0) is 48.7 Å². The lowest BCUT2D eigenvalue weighted by molar-refractivity contribution is -0.143. The molecule has 1 N–H and O–H groups in total. The van der Waals surface area contributed by atoms with Crippen LogP contribution in [0.5, 0.6) is 5.75 Å². The van der Waals surface area contributed by atoms with Crippen LogP contribution < -0.4 is 14.5 Å². The molecule has 10 heteroatoms. The van der Waals surface area contributed by atoms with Gasteiger partial charge in [-0.3, -0.25) is 14.4 Å². The number of rotatable bonds is 13. The lowest BCUT2D eigenvalue weighted by Crippen LogP contribution is -2.59.